The van der Waals surface area contributed by atoms with Crippen LogP contribution in [0.5, 0.6) is 11.5 Å². The molecule has 1 saturated heterocycles. The monoisotopic (exact) mass is 443 g/mol. The smallest absolute Gasteiger partial charge is 0.300 e. The van der Waals surface area contributed by atoms with E-state index in [1.165, 1.54) is 12.0 Å². The number of methoxy groups -OCH3 is 1. The molecule has 6 nitrogen and oxygen atoms in total. The molecule has 33 heavy (non-hydrogen) atoms. The van der Waals surface area contributed by atoms with E-state index in [-0.39, 0.29) is 11.3 Å². The van der Waals surface area contributed by atoms with Crippen LogP contribution in [0.25, 0.3) is 5.76 Å². The lowest BCUT2D eigenvalue weighted by molar-refractivity contribution is -0.132. The first-order valence-corrected chi connectivity index (χ1v) is 10.8. The van der Waals surface area contributed by atoms with E-state index in [4.69, 9.17) is 9.47 Å². The largest absolute Gasteiger partial charge is 0.507 e. The summed E-state index contributed by atoms with van der Waals surface area (Å²) in [6.07, 6.45) is 0.884. The van der Waals surface area contributed by atoms with Gasteiger partial charge in [-0.3, -0.25) is 14.5 Å². The first kappa shape index (κ1) is 22.1. The number of anilines is 1. The average Bonchev–Trinajstić information content (AvgIpc) is 3.13. The van der Waals surface area contributed by atoms with Crippen molar-refractivity contribution < 1.29 is 24.2 Å². The summed E-state index contributed by atoms with van der Waals surface area (Å²) in [4.78, 5) is 27.8. The Hall–Kier alpha value is -4.06. The maximum atomic E-state index is 13.2. The second kappa shape index (κ2) is 9.61. The zero-order valence-electron chi connectivity index (χ0n) is 18.5. The number of benzene rings is 3. The molecule has 1 heterocycles. The predicted molar refractivity (Wildman–Crippen MR) is 126 cm³/mol. The van der Waals surface area contributed by atoms with Crippen molar-refractivity contribution in [3.8, 4) is 11.5 Å². The molecule has 1 aliphatic rings. The van der Waals surface area contributed by atoms with Gasteiger partial charge in [-0.2, -0.15) is 0 Å². The molecule has 3 aromatic carbocycles. The maximum absolute atomic E-state index is 13.2. The van der Waals surface area contributed by atoms with Crippen molar-refractivity contribution in [2.24, 2.45) is 0 Å². The van der Waals surface area contributed by atoms with Crippen LogP contribution < -0.4 is 14.4 Å². The minimum absolute atomic E-state index is 0.0382. The second-order valence-electron chi connectivity index (χ2n) is 7.65. The third-order valence-corrected chi connectivity index (χ3v) is 5.49. The van der Waals surface area contributed by atoms with E-state index >= 15 is 0 Å². The summed E-state index contributed by atoms with van der Waals surface area (Å²) in [7, 11) is 1.54. The molecule has 0 bridgehead atoms. The lowest BCUT2D eigenvalue weighted by Gasteiger charge is -2.26. The lowest BCUT2D eigenvalue weighted by Crippen LogP contribution is -2.29. The van der Waals surface area contributed by atoms with Crippen LogP contribution in [0.1, 0.15) is 30.5 Å². The molecule has 0 aliphatic carbocycles. The van der Waals surface area contributed by atoms with Crippen molar-refractivity contribution >= 4 is 23.1 Å². The molecular formula is C27H25NO5. The summed E-state index contributed by atoms with van der Waals surface area (Å²) < 4.78 is 11.0. The number of aliphatic hydroxyl groups excluding tert-OH is 1. The minimum atomic E-state index is -0.808. The molecule has 1 fully saturated rings. The molecule has 0 spiro atoms. The number of nitrogens with zero attached hydrogens (tertiary/aromatic N) is 1. The fourth-order valence-corrected chi connectivity index (χ4v) is 3.89. The van der Waals surface area contributed by atoms with Crippen molar-refractivity contribution in [2.45, 2.75) is 19.4 Å². The van der Waals surface area contributed by atoms with Crippen molar-refractivity contribution in [1.82, 2.24) is 0 Å². The highest BCUT2D eigenvalue weighted by atomic mass is 16.5. The summed E-state index contributed by atoms with van der Waals surface area (Å²) in [5.41, 5.74) is 1.68. The fraction of sp³-hybridized carbons (Fsp3) is 0.185. The highest BCUT2D eigenvalue weighted by Crippen LogP contribution is 2.43. The number of amides is 1. The molecule has 1 aliphatic heterocycles. The number of Topliss-reactive ketones (excluding diaryl/α,β-unsaturated/α-hetero) is 1. The fourth-order valence-electron chi connectivity index (χ4n) is 3.89. The Morgan fingerprint density at radius 2 is 1.67 bits per heavy atom. The quantitative estimate of drug-likeness (QED) is 0.312. The van der Waals surface area contributed by atoms with Gasteiger partial charge in [-0.05, 0) is 36.2 Å². The number of carbonyl (C=O) groups is 2. The highest BCUT2D eigenvalue weighted by Gasteiger charge is 2.47. The number of rotatable bonds is 7. The normalized spacial score (nSPS) is 17.3. The molecule has 6 heteroatoms. The molecule has 3 aromatic rings. The molecule has 4 rings (SSSR count). The summed E-state index contributed by atoms with van der Waals surface area (Å²) in [6.45, 7) is 2.62. The molecule has 1 amide bonds. The van der Waals surface area contributed by atoms with Gasteiger partial charge < -0.3 is 14.6 Å². The predicted octanol–water partition coefficient (Wildman–Crippen LogP) is 5.11. The Morgan fingerprint density at radius 1 is 0.939 bits per heavy atom. The molecule has 1 N–H and O–H groups in total. The Labute approximate surface area is 192 Å². The van der Waals surface area contributed by atoms with Crippen LogP contribution in [-0.4, -0.2) is 30.5 Å². The van der Waals surface area contributed by atoms with Gasteiger partial charge in [0.15, 0.2) is 0 Å². The van der Waals surface area contributed by atoms with E-state index in [0.717, 1.165) is 6.42 Å². The second-order valence-corrected chi connectivity index (χ2v) is 7.65. The standard InChI is InChI=1S/C27H25NO5/c1-3-16-33-21-14-12-18(13-15-21)24-23(25(29)19-8-5-4-6-9-19)26(30)27(31)28(24)20-10-7-11-22(17-20)32-2/h4-15,17,24,29H,3,16H2,1-2H3/b25-23+. The number of ether oxygens (including phenoxy) is 2. The number of hydrogen-bond donors (Lipinski definition) is 1. The third-order valence-electron chi connectivity index (χ3n) is 5.49. The maximum Gasteiger partial charge on any atom is 0.300 e. The third kappa shape index (κ3) is 4.32. The SMILES string of the molecule is CCCOc1ccc(C2/C(=C(\O)c3ccccc3)C(=O)C(=O)N2c2cccc(OC)c2)cc1. The van der Waals surface area contributed by atoms with Gasteiger partial charge >= 0.3 is 0 Å². The van der Waals surface area contributed by atoms with Crippen LogP contribution in [0.3, 0.4) is 0 Å². The van der Waals surface area contributed by atoms with Crippen molar-refractivity contribution in [3.63, 3.8) is 0 Å². The van der Waals surface area contributed by atoms with Gasteiger partial charge in [-0.1, -0.05) is 55.5 Å². The Balaban J connectivity index is 1.87. The zero-order valence-corrected chi connectivity index (χ0v) is 18.5. The van der Waals surface area contributed by atoms with Crippen molar-refractivity contribution in [1.29, 1.82) is 0 Å². The molecule has 0 aromatic heterocycles. The Kier molecular flexibility index (Phi) is 6.45. The van der Waals surface area contributed by atoms with E-state index in [2.05, 4.69) is 0 Å². The summed E-state index contributed by atoms with van der Waals surface area (Å²) in [5, 5.41) is 11.1. The van der Waals surface area contributed by atoms with E-state index < -0.39 is 17.7 Å². The van der Waals surface area contributed by atoms with Crippen LogP contribution in [0.2, 0.25) is 0 Å². The van der Waals surface area contributed by atoms with Gasteiger partial charge in [0.25, 0.3) is 11.7 Å². The number of carbonyl (C=O) groups excluding carboxylic acids is 2. The number of aliphatic hydroxyl groups is 1. The van der Waals surface area contributed by atoms with Gasteiger partial charge in [0.05, 0.1) is 25.3 Å². The zero-order chi connectivity index (χ0) is 23.4. The first-order chi connectivity index (χ1) is 16.0. The molecule has 0 saturated carbocycles. The summed E-state index contributed by atoms with van der Waals surface area (Å²) in [5.74, 6) is -0.412. The van der Waals surface area contributed by atoms with Crippen molar-refractivity contribution in [3.05, 3.63) is 95.6 Å². The lowest BCUT2D eigenvalue weighted by atomic mass is 9.95. The average molecular weight is 443 g/mol. The van der Waals surface area contributed by atoms with Crippen LogP contribution in [0, 0.1) is 0 Å². The topological polar surface area (TPSA) is 76.1 Å². The highest BCUT2D eigenvalue weighted by molar-refractivity contribution is 6.51. The number of hydrogen-bond acceptors (Lipinski definition) is 5. The van der Waals surface area contributed by atoms with Crippen LogP contribution in [-0.2, 0) is 9.59 Å². The van der Waals surface area contributed by atoms with Gasteiger partial charge in [-0.25, -0.2) is 0 Å². The van der Waals surface area contributed by atoms with E-state index in [1.807, 2.05) is 25.1 Å². The molecule has 168 valence electrons. The van der Waals surface area contributed by atoms with E-state index in [0.29, 0.717) is 34.9 Å². The van der Waals surface area contributed by atoms with Crippen molar-refractivity contribution in [2.75, 3.05) is 18.6 Å². The van der Waals surface area contributed by atoms with Crippen LogP contribution >= 0.6 is 0 Å². The first-order valence-electron chi connectivity index (χ1n) is 10.8. The molecule has 1 atom stereocenters. The molecule has 0 radical (unpaired) electrons. The van der Waals surface area contributed by atoms with Gasteiger partial charge in [0, 0.05) is 17.3 Å². The number of ketones is 1. The minimum Gasteiger partial charge on any atom is -0.507 e. The van der Waals surface area contributed by atoms with E-state index in [9.17, 15) is 14.7 Å². The summed E-state index contributed by atoms with van der Waals surface area (Å²) >= 11 is 0. The van der Waals surface area contributed by atoms with Gasteiger partial charge in [0.2, 0.25) is 0 Å². The van der Waals surface area contributed by atoms with Gasteiger partial charge in [0.1, 0.15) is 17.3 Å². The van der Waals surface area contributed by atoms with Crippen LogP contribution in [0.4, 0.5) is 5.69 Å². The Morgan fingerprint density at radius 3 is 2.33 bits per heavy atom. The molecular weight excluding hydrogens is 418 g/mol. The Bertz CT molecular complexity index is 1180. The summed E-state index contributed by atoms with van der Waals surface area (Å²) in [6, 6.07) is 22.1. The van der Waals surface area contributed by atoms with Crippen LogP contribution in [0.15, 0.2) is 84.4 Å². The molecule has 1 unspecified atom stereocenters. The van der Waals surface area contributed by atoms with E-state index in [1.54, 1.807) is 60.7 Å². The van der Waals surface area contributed by atoms with Gasteiger partial charge in [-0.15, -0.1) is 0 Å².